The van der Waals surface area contributed by atoms with Crippen LogP contribution in [0.5, 0.6) is 11.5 Å². The summed E-state index contributed by atoms with van der Waals surface area (Å²) in [5, 5.41) is 12.3. The predicted molar refractivity (Wildman–Crippen MR) is 72.9 cm³/mol. The zero-order valence-electron chi connectivity index (χ0n) is 10.8. The molecule has 0 saturated carbocycles. The maximum atomic E-state index is 11.1. The second-order valence-electron chi connectivity index (χ2n) is 3.86. The van der Waals surface area contributed by atoms with Crippen molar-refractivity contribution in [2.75, 3.05) is 25.6 Å². The maximum Gasteiger partial charge on any atom is 0.221 e. The lowest BCUT2D eigenvalue weighted by molar-refractivity contribution is -0.114. The Balaban J connectivity index is 2.99. The quantitative estimate of drug-likeness (QED) is 0.726. The number of ether oxygens (including phenoxy) is 2. The average Bonchev–Trinajstić information content (AvgIpc) is 2.36. The number of hydrogen-bond acceptors (Lipinski definition) is 5. The molecule has 1 atom stereocenters. The molecule has 0 radical (unpaired) electrons. The smallest absolute Gasteiger partial charge is 0.221 e. The Labute approximate surface area is 116 Å². The van der Waals surface area contributed by atoms with Gasteiger partial charge in [0, 0.05) is 19.5 Å². The summed E-state index contributed by atoms with van der Waals surface area (Å²) in [6.45, 7) is 1.46. The van der Waals surface area contributed by atoms with E-state index < -0.39 is 6.10 Å². The third kappa shape index (κ3) is 4.59. The molecule has 4 N–H and O–H groups in total. The van der Waals surface area contributed by atoms with E-state index in [2.05, 4.69) is 5.32 Å². The lowest BCUT2D eigenvalue weighted by atomic mass is 10.2. The Morgan fingerprint density at radius 2 is 2.21 bits per heavy atom. The molecule has 1 amide bonds. The van der Waals surface area contributed by atoms with Crippen LogP contribution in [0.4, 0.5) is 5.69 Å². The monoisotopic (exact) mass is 288 g/mol. The van der Waals surface area contributed by atoms with Gasteiger partial charge in [0.25, 0.3) is 0 Å². The van der Waals surface area contributed by atoms with E-state index >= 15 is 0 Å². The third-order valence-corrected chi connectivity index (χ3v) is 2.56. The van der Waals surface area contributed by atoms with Gasteiger partial charge in [0.1, 0.15) is 24.2 Å². The lowest BCUT2D eigenvalue weighted by Gasteiger charge is -2.16. The number of nitrogens with one attached hydrogen (secondary N) is 1. The van der Waals surface area contributed by atoms with Crippen LogP contribution in [-0.2, 0) is 4.79 Å². The van der Waals surface area contributed by atoms with Crippen molar-refractivity contribution in [2.45, 2.75) is 13.0 Å². The Kier molecular flexibility index (Phi) is 5.88. The van der Waals surface area contributed by atoms with Gasteiger partial charge in [0.15, 0.2) is 0 Å². The maximum absolute atomic E-state index is 11.1. The fourth-order valence-corrected chi connectivity index (χ4v) is 1.59. The zero-order valence-corrected chi connectivity index (χ0v) is 11.5. The van der Waals surface area contributed by atoms with Crippen LogP contribution in [0, 0.1) is 0 Å². The molecule has 7 heteroatoms. The van der Waals surface area contributed by atoms with Crippen LogP contribution in [0.3, 0.4) is 0 Å². The highest BCUT2D eigenvalue weighted by Crippen LogP contribution is 2.36. The number of hydrogen-bond donors (Lipinski definition) is 3. The summed E-state index contributed by atoms with van der Waals surface area (Å²) in [4.78, 5) is 11.1. The molecule has 0 heterocycles. The molecule has 0 unspecified atom stereocenters. The Morgan fingerprint density at radius 1 is 1.53 bits per heavy atom. The highest BCUT2D eigenvalue weighted by molar-refractivity contribution is 6.32. The van der Waals surface area contributed by atoms with E-state index in [4.69, 9.17) is 26.8 Å². The molecule has 0 aromatic heterocycles. The first-order chi connectivity index (χ1) is 8.97. The molecule has 0 aliphatic heterocycles. The normalized spacial score (nSPS) is 11.8. The van der Waals surface area contributed by atoms with Gasteiger partial charge in [0.05, 0.1) is 17.8 Å². The van der Waals surface area contributed by atoms with Gasteiger partial charge >= 0.3 is 0 Å². The van der Waals surface area contributed by atoms with Crippen LogP contribution in [-0.4, -0.2) is 37.4 Å². The van der Waals surface area contributed by atoms with Crippen molar-refractivity contribution in [3.8, 4) is 11.5 Å². The standard InChI is InChI=1S/C12H17ClN2O4/c1-7(16)15-10-3-9(13)11(18-2)4-12(10)19-6-8(17)5-14/h3-4,8,17H,5-6,14H2,1-2H3,(H,15,16)/t8-/m0/s1. The van der Waals surface area contributed by atoms with Crippen molar-refractivity contribution in [2.24, 2.45) is 5.73 Å². The van der Waals surface area contributed by atoms with E-state index in [1.54, 1.807) is 0 Å². The molecule has 0 bridgehead atoms. The average molecular weight is 289 g/mol. The molecule has 0 spiro atoms. The largest absolute Gasteiger partial charge is 0.495 e. The summed E-state index contributed by atoms with van der Waals surface area (Å²) < 4.78 is 10.5. The number of nitrogens with two attached hydrogens (primary N) is 1. The first kappa shape index (κ1) is 15.6. The summed E-state index contributed by atoms with van der Waals surface area (Å²) in [6, 6.07) is 3.06. The molecule has 0 aliphatic rings. The van der Waals surface area contributed by atoms with Gasteiger partial charge in [-0.2, -0.15) is 0 Å². The van der Waals surface area contributed by atoms with Crippen molar-refractivity contribution in [1.29, 1.82) is 0 Å². The van der Waals surface area contributed by atoms with Gasteiger partial charge in [-0.15, -0.1) is 0 Å². The van der Waals surface area contributed by atoms with Crippen LogP contribution in [0.2, 0.25) is 5.02 Å². The highest BCUT2D eigenvalue weighted by Gasteiger charge is 2.13. The molecule has 19 heavy (non-hydrogen) atoms. The molecular weight excluding hydrogens is 272 g/mol. The van der Waals surface area contributed by atoms with E-state index in [1.807, 2.05) is 0 Å². The minimum Gasteiger partial charge on any atom is -0.495 e. The van der Waals surface area contributed by atoms with Crippen molar-refractivity contribution in [3.63, 3.8) is 0 Å². The summed E-state index contributed by atoms with van der Waals surface area (Å²) in [5.41, 5.74) is 5.69. The van der Waals surface area contributed by atoms with Crippen molar-refractivity contribution < 1.29 is 19.4 Å². The number of amides is 1. The van der Waals surface area contributed by atoms with Crippen LogP contribution in [0.15, 0.2) is 12.1 Å². The lowest BCUT2D eigenvalue weighted by Crippen LogP contribution is -2.26. The molecule has 106 valence electrons. The van der Waals surface area contributed by atoms with E-state index in [0.717, 1.165) is 0 Å². The number of anilines is 1. The number of aliphatic hydroxyl groups is 1. The Hall–Kier alpha value is -1.50. The zero-order chi connectivity index (χ0) is 14.4. The van der Waals surface area contributed by atoms with E-state index in [9.17, 15) is 9.90 Å². The second kappa shape index (κ2) is 7.18. The first-order valence-electron chi connectivity index (χ1n) is 5.64. The highest BCUT2D eigenvalue weighted by atomic mass is 35.5. The summed E-state index contributed by atoms with van der Waals surface area (Å²) in [6.07, 6.45) is -0.785. The van der Waals surface area contributed by atoms with Gasteiger partial charge in [-0.3, -0.25) is 4.79 Å². The Bertz CT molecular complexity index is 454. The summed E-state index contributed by atoms with van der Waals surface area (Å²) in [5.74, 6) is 0.502. The topological polar surface area (TPSA) is 93.8 Å². The van der Waals surface area contributed by atoms with Crippen LogP contribution in [0.1, 0.15) is 6.92 Å². The van der Waals surface area contributed by atoms with Crippen molar-refractivity contribution >= 4 is 23.2 Å². The number of carbonyl (C=O) groups excluding carboxylic acids is 1. The van der Waals surface area contributed by atoms with Gasteiger partial charge in [-0.05, 0) is 6.07 Å². The van der Waals surface area contributed by atoms with E-state index in [1.165, 1.54) is 26.2 Å². The summed E-state index contributed by atoms with van der Waals surface area (Å²) >= 11 is 5.97. The predicted octanol–water partition coefficient (Wildman–Crippen LogP) is 1.01. The van der Waals surface area contributed by atoms with Crippen LogP contribution < -0.4 is 20.5 Å². The molecule has 0 fully saturated rings. The Morgan fingerprint density at radius 3 is 2.74 bits per heavy atom. The van der Waals surface area contributed by atoms with Crippen LogP contribution >= 0.6 is 11.6 Å². The summed E-state index contributed by atoms with van der Waals surface area (Å²) in [7, 11) is 1.47. The van der Waals surface area contributed by atoms with Gasteiger partial charge in [-0.1, -0.05) is 11.6 Å². The van der Waals surface area contributed by atoms with Crippen molar-refractivity contribution in [3.05, 3.63) is 17.2 Å². The molecule has 1 rings (SSSR count). The molecule has 0 aliphatic carbocycles. The van der Waals surface area contributed by atoms with Gasteiger partial charge < -0.3 is 25.6 Å². The number of methoxy groups -OCH3 is 1. The van der Waals surface area contributed by atoms with Gasteiger partial charge in [-0.25, -0.2) is 0 Å². The molecule has 1 aromatic rings. The van der Waals surface area contributed by atoms with E-state index in [-0.39, 0.29) is 19.1 Å². The first-order valence-corrected chi connectivity index (χ1v) is 6.01. The number of rotatable bonds is 6. The van der Waals surface area contributed by atoms with E-state index in [0.29, 0.717) is 22.2 Å². The van der Waals surface area contributed by atoms with Crippen molar-refractivity contribution in [1.82, 2.24) is 0 Å². The second-order valence-corrected chi connectivity index (χ2v) is 4.27. The number of carbonyl (C=O) groups is 1. The number of benzene rings is 1. The third-order valence-electron chi connectivity index (χ3n) is 2.27. The number of aliphatic hydroxyl groups excluding tert-OH is 1. The minimum atomic E-state index is -0.785. The fraction of sp³-hybridized carbons (Fsp3) is 0.417. The van der Waals surface area contributed by atoms with Gasteiger partial charge in [0.2, 0.25) is 5.91 Å². The number of halogens is 1. The molecule has 0 saturated heterocycles. The minimum absolute atomic E-state index is 0.00781. The van der Waals surface area contributed by atoms with Crippen LogP contribution in [0.25, 0.3) is 0 Å². The molecular formula is C12H17ClN2O4. The molecule has 1 aromatic carbocycles. The fourth-order valence-electron chi connectivity index (χ4n) is 1.35. The SMILES string of the molecule is COc1cc(OC[C@@H](O)CN)c(NC(C)=O)cc1Cl. The molecule has 6 nitrogen and oxygen atoms in total.